The molecule has 1 aromatic rings. The second-order valence-electron chi connectivity index (χ2n) is 5.57. The third kappa shape index (κ3) is 3.56. The molecule has 0 amide bonds. The topological polar surface area (TPSA) is 26.7 Å². The summed E-state index contributed by atoms with van der Waals surface area (Å²) in [6, 6.07) is 8.40. The van der Waals surface area contributed by atoms with Crippen LogP contribution in [-0.4, -0.2) is 53.7 Å². The van der Waals surface area contributed by atoms with Gasteiger partial charge >= 0.3 is 0 Å². The van der Waals surface area contributed by atoms with Gasteiger partial charge < -0.3 is 10.0 Å². The van der Waals surface area contributed by atoms with Crippen LogP contribution in [0.15, 0.2) is 24.3 Å². The van der Waals surface area contributed by atoms with E-state index >= 15 is 0 Å². The molecule has 19 heavy (non-hydrogen) atoms. The number of aryl methyl sites for hydroxylation is 1. The van der Waals surface area contributed by atoms with Gasteiger partial charge in [0.05, 0.1) is 6.10 Å². The van der Waals surface area contributed by atoms with Crippen LogP contribution in [0, 0.1) is 6.92 Å². The van der Waals surface area contributed by atoms with E-state index in [1.807, 2.05) is 12.1 Å². The van der Waals surface area contributed by atoms with Gasteiger partial charge in [0.15, 0.2) is 0 Å². The summed E-state index contributed by atoms with van der Waals surface area (Å²) in [5.41, 5.74) is 2.26. The predicted molar refractivity (Wildman–Crippen MR) is 79.3 cm³/mol. The predicted octanol–water partition coefficient (Wildman–Crippen LogP) is 2.05. The highest BCUT2D eigenvalue weighted by Crippen LogP contribution is 2.22. The second kappa shape index (κ2) is 6.51. The third-order valence-electron chi connectivity index (χ3n) is 4.31. The molecule has 0 radical (unpaired) electrons. The average Bonchev–Trinajstić information content (AvgIpc) is 2.46. The lowest BCUT2D eigenvalue weighted by atomic mass is 10.0. The number of aliphatic hydroxyl groups is 1. The standard InChI is InChI=1S/C16H26N2O/c1-4-17-9-11-18(12-10-17)14(3)16(19)15-7-5-13(2)6-8-15/h5-8,14,16,19H,4,9-12H2,1-3H3. The molecule has 106 valence electrons. The Morgan fingerprint density at radius 1 is 1.11 bits per heavy atom. The van der Waals surface area contributed by atoms with Gasteiger partial charge in [-0.15, -0.1) is 0 Å². The molecule has 1 aliphatic heterocycles. The smallest absolute Gasteiger partial charge is 0.0942 e. The Hall–Kier alpha value is -0.900. The largest absolute Gasteiger partial charge is 0.387 e. The molecule has 1 saturated heterocycles. The van der Waals surface area contributed by atoms with Crippen molar-refractivity contribution in [2.75, 3.05) is 32.7 Å². The highest BCUT2D eigenvalue weighted by atomic mass is 16.3. The van der Waals surface area contributed by atoms with Gasteiger partial charge in [-0.25, -0.2) is 0 Å². The van der Waals surface area contributed by atoms with E-state index in [1.54, 1.807) is 0 Å². The van der Waals surface area contributed by atoms with Crippen molar-refractivity contribution in [1.82, 2.24) is 9.80 Å². The summed E-state index contributed by atoms with van der Waals surface area (Å²) < 4.78 is 0. The number of hydrogen-bond donors (Lipinski definition) is 1. The number of benzene rings is 1. The lowest BCUT2D eigenvalue weighted by molar-refractivity contribution is 0.0274. The van der Waals surface area contributed by atoms with Gasteiger partial charge in [0.2, 0.25) is 0 Å². The Morgan fingerprint density at radius 2 is 1.68 bits per heavy atom. The van der Waals surface area contributed by atoms with Gasteiger partial charge in [0, 0.05) is 32.2 Å². The number of aliphatic hydroxyl groups excluding tert-OH is 1. The van der Waals surface area contributed by atoms with Gasteiger partial charge in [0.1, 0.15) is 0 Å². The van der Waals surface area contributed by atoms with Crippen molar-refractivity contribution < 1.29 is 5.11 Å². The molecule has 0 spiro atoms. The van der Waals surface area contributed by atoms with Crippen molar-refractivity contribution in [3.63, 3.8) is 0 Å². The van der Waals surface area contributed by atoms with Crippen molar-refractivity contribution in [1.29, 1.82) is 0 Å². The van der Waals surface area contributed by atoms with Gasteiger partial charge in [-0.2, -0.15) is 0 Å². The van der Waals surface area contributed by atoms with E-state index in [0.717, 1.165) is 38.3 Å². The summed E-state index contributed by atoms with van der Waals surface area (Å²) in [4.78, 5) is 4.86. The molecule has 0 aromatic heterocycles. The van der Waals surface area contributed by atoms with E-state index in [-0.39, 0.29) is 6.04 Å². The second-order valence-corrected chi connectivity index (χ2v) is 5.57. The number of rotatable bonds is 4. The molecule has 0 bridgehead atoms. The Morgan fingerprint density at radius 3 is 2.21 bits per heavy atom. The highest BCUT2D eigenvalue weighted by molar-refractivity contribution is 5.24. The summed E-state index contributed by atoms with van der Waals surface area (Å²) >= 11 is 0. The molecule has 3 heteroatoms. The number of nitrogens with zero attached hydrogens (tertiary/aromatic N) is 2. The van der Waals surface area contributed by atoms with Crippen molar-refractivity contribution >= 4 is 0 Å². The third-order valence-corrected chi connectivity index (χ3v) is 4.31. The first-order valence-electron chi connectivity index (χ1n) is 7.33. The first-order chi connectivity index (χ1) is 9.11. The van der Waals surface area contributed by atoms with E-state index in [0.29, 0.717) is 0 Å². The summed E-state index contributed by atoms with van der Waals surface area (Å²) in [5, 5.41) is 10.5. The van der Waals surface area contributed by atoms with Gasteiger partial charge in [-0.1, -0.05) is 36.8 Å². The molecule has 1 heterocycles. The molecular formula is C16H26N2O. The van der Waals surface area contributed by atoms with E-state index in [2.05, 4.69) is 42.7 Å². The molecule has 1 aliphatic rings. The van der Waals surface area contributed by atoms with Crippen LogP contribution in [0.5, 0.6) is 0 Å². The van der Waals surface area contributed by atoms with Crippen molar-refractivity contribution in [2.24, 2.45) is 0 Å². The highest BCUT2D eigenvalue weighted by Gasteiger charge is 2.25. The van der Waals surface area contributed by atoms with Gasteiger partial charge in [0.25, 0.3) is 0 Å². The van der Waals surface area contributed by atoms with Crippen LogP contribution in [0.2, 0.25) is 0 Å². The van der Waals surface area contributed by atoms with Crippen LogP contribution in [-0.2, 0) is 0 Å². The quantitative estimate of drug-likeness (QED) is 0.899. The molecule has 1 aromatic carbocycles. The fourth-order valence-corrected chi connectivity index (χ4v) is 2.73. The first-order valence-corrected chi connectivity index (χ1v) is 7.33. The lowest BCUT2D eigenvalue weighted by Gasteiger charge is -2.39. The van der Waals surface area contributed by atoms with E-state index in [9.17, 15) is 5.11 Å². The molecule has 2 atom stereocenters. The molecule has 2 rings (SSSR count). The molecular weight excluding hydrogens is 236 g/mol. The minimum Gasteiger partial charge on any atom is -0.387 e. The maximum atomic E-state index is 10.5. The molecule has 3 nitrogen and oxygen atoms in total. The van der Waals surface area contributed by atoms with Crippen molar-refractivity contribution in [3.8, 4) is 0 Å². The maximum absolute atomic E-state index is 10.5. The molecule has 2 unspecified atom stereocenters. The van der Waals surface area contributed by atoms with Crippen molar-refractivity contribution in [2.45, 2.75) is 32.9 Å². The summed E-state index contributed by atoms with van der Waals surface area (Å²) in [6.07, 6.45) is -0.395. The Kier molecular flexibility index (Phi) is 4.97. The number of likely N-dealkylation sites (N-methyl/N-ethyl adjacent to an activating group) is 1. The monoisotopic (exact) mass is 262 g/mol. The first kappa shape index (κ1) is 14.5. The molecule has 0 saturated carbocycles. The minimum atomic E-state index is -0.395. The fourth-order valence-electron chi connectivity index (χ4n) is 2.73. The zero-order chi connectivity index (χ0) is 13.8. The van der Waals surface area contributed by atoms with Crippen LogP contribution in [0.3, 0.4) is 0 Å². The van der Waals surface area contributed by atoms with Crippen molar-refractivity contribution in [3.05, 3.63) is 35.4 Å². The summed E-state index contributed by atoms with van der Waals surface area (Å²) in [6.45, 7) is 11.9. The number of hydrogen-bond acceptors (Lipinski definition) is 3. The normalized spacial score (nSPS) is 21.3. The van der Waals surface area contributed by atoms with Crippen LogP contribution >= 0.6 is 0 Å². The van der Waals surface area contributed by atoms with Crippen LogP contribution in [0.4, 0.5) is 0 Å². The maximum Gasteiger partial charge on any atom is 0.0942 e. The molecule has 1 fully saturated rings. The van der Waals surface area contributed by atoms with Crippen LogP contribution in [0.25, 0.3) is 0 Å². The Labute approximate surface area is 116 Å². The molecule has 1 N–H and O–H groups in total. The Bertz CT molecular complexity index is 382. The van der Waals surface area contributed by atoms with Crippen LogP contribution in [0.1, 0.15) is 31.1 Å². The lowest BCUT2D eigenvalue weighted by Crippen LogP contribution is -2.50. The zero-order valence-corrected chi connectivity index (χ0v) is 12.3. The average molecular weight is 262 g/mol. The van der Waals surface area contributed by atoms with E-state index in [4.69, 9.17) is 0 Å². The Balaban J connectivity index is 1.95. The van der Waals surface area contributed by atoms with Gasteiger partial charge in [-0.05, 0) is 26.0 Å². The SMILES string of the molecule is CCN1CCN(C(C)C(O)c2ccc(C)cc2)CC1. The van der Waals surface area contributed by atoms with E-state index in [1.165, 1.54) is 5.56 Å². The number of piperazine rings is 1. The van der Waals surface area contributed by atoms with Crippen LogP contribution < -0.4 is 0 Å². The van der Waals surface area contributed by atoms with Gasteiger partial charge in [-0.3, -0.25) is 4.90 Å². The summed E-state index contributed by atoms with van der Waals surface area (Å²) in [7, 11) is 0. The minimum absolute atomic E-state index is 0.182. The van der Waals surface area contributed by atoms with E-state index < -0.39 is 6.10 Å². The molecule has 0 aliphatic carbocycles. The summed E-state index contributed by atoms with van der Waals surface area (Å²) in [5.74, 6) is 0. The fraction of sp³-hybridized carbons (Fsp3) is 0.625. The zero-order valence-electron chi connectivity index (χ0n) is 12.3.